The summed E-state index contributed by atoms with van der Waals surface area (Å²) in [5.74, 6) is 1.88. The van der Waals surface area contributed by atoms with Crippen LogP contribution in [0.4, 0.5) is 11.8 Å². The highest BCUT2D eigenvalue weighted by atomic mass is 16.2. The van der Waals surface area contributed by atoms with Gasteiger partial charge in [0.25, 0.3) is 0 Å². The van der Waals surface area contributed by atoms with Crippen LogP contribution in [0.1, 0.15) is 36.9 Å². The van der Waals surface area contributed by atoms with E-state index in [-0.39, 0.29) is 11.3 Å². The van der Waals surface area contributed by atoms with Crippen molar-refractivity contribution in [1.82, 2.24) is 19.9 Å². The predicted octanol–water partition coefficient (Wildman–Crippen LogP) is 2.63. The molecule has 0 unspecified atom stereocenters. The minimum atomic E-state index is 0.112. The molecule has 7 nitrogen and oxygen atoms in total. The van der Waals surface area contributed by atoms with Gasteiger partial charge in [0.15, 0.2) is 0 Å². The molecule has 0 aromatic carbocycles. The molecule has 0 saturated carbocycles. The second-order valence-corrected chi connectivity index (χ2v) is 8.08. The molecule has 2 aliphatic rings. The lowest BCUT2D eigenvalue weighted by Gasteiger charge is -2.48. The summed E-state index contributed by atoms with van der Waals surface area (Å²) in [5, 5.41) is 3.12. The zero-order chi connectivity index (χ0) is 19.6. The van der Waals surface area contributed by atoms with E-state index in [9.17, 15) is 4.79 Å². The van der Waals surface area contributed by atoms with Crippen molar-refractivity contribution in [2.75, 3.05) is 36.9 Å². The van der Waals surface area contributed by atoms with Crippen LogP contribution in [0.2, 0.25) is 0 Å². The second-order valence-electron chi connectivity index (χ2n) is 8.08. The Kier molecular flexibility index (Phi) is 5.15. The summed E-state index contributed by atoms with van der Waals surface area (Å²) in [6.45, 7) is 5.29. The Balaban J connectivity index is 1.52. The van der Waals surface area contributed by atoms with Crippen LogP contribution in [0.5, 0.6) is 0 Å². The van der Waals surface area contributed by atoms with Crippen LogP contribution in [0.25, 0.3) is 0 Å². The van der Waals surface area contributed by atoms with Crippen molar-refractivity contribution in [3.05, 3.63) is 41.9 Å². The first kappa shape index (κ1) is 18.7. The van der Waals surface area contributed by atoms with Crippen LogP contribution in [0, 0.1) is 12.3 Å². The molecule has 4 rings (SSSR count). The third kappa shape index (κ3) is 3.93. The van der Waals surface area contributed by atoms with E-state index in [1.807, 2.05) is 43.3 Å². The van der Waals surface area contributed by atoms with Gasteiger partial charge in [-0.05, 0) is 37.8 Å². The van der Waals surface area contributed by atoms with E-state index in [0.717, 1.165) is 61.9 Å². The molecule has 148 valence electrons. The highest BCUT2D eigenvalue weighted by molar-refractivity contribution is 5.77. The maximum absolute atomic E-state index is 12.6. The Morgan fingerprint density at radius 1 is 1.25 bits per heavy atom. The van der Waals surface area contributed by atoms with E-state index in [0.29, 0.717) is 13.0 Å². The van der Waals surface area contributed by atoms with Crippen LogP contribution >= 0.6 is 0 Å². The van der Waals surface area contributed by atoms with Crippen LogP contribution < -0.4 is 10.2 Å². The monoisotopic (exact) mass is 380 g/mol. The molecule has 1 atom stereocenters. The Morgan fingerprint density at radius 2 is 2.14 bits per heavy atom. The Bertz CT molecular complexity index is 842. The number of aromatic nitrogens is 3. The van der Waals surface area contributed by atoms with Gasteiger partial charge in [0.05, 0.1) is 0 Å². The van der Waals surface area contributed by atoms with E-state index in [4.69, 9.17) is 0 Å². The van der Waals surface area contributed by atoms with Gasteiger partial charge in [-0.25, -0.2) is 4.98 Å². The lowest BCUT2D eigenvalue weighted by Crippen LogP contribution is -2.54. The summed E-state index contributed by atoms with van der Waals surface area (Å²) in [6, 6.07) is 5.92. The van der Waals surface area contributed by atoms with Crippen LogP contribution in [0.3, 0.4) is 0 Å². The number of amides is 1. The molecule has 2 aromatic rings. The summed E-state index contributed by atoms with van der Waals surface area (Å²) in [7, 11) is 1.88. The number of anilines is 2. The van der Waals surface area contributed by atoms with Gasteiger partial charge < -0.3 is 15.1 Å². The Morgan fingerprint density at radius 3 is 2.93 bits per heavy atom. The van der Waals surface area contributed by atoms with E-state index < -0.39 is 0 Å². The number of hydrogen-bond donors (Lipinski definition) is 1. The molecule has 0 aliphatic carbocycles. The molecule has 7 heteroatoms. The summed E-state index contributed by atoms with van der Waals surface area (Å²) in [6.07, 6.45) is 7.41. The van der Waals surface area contributed by atoms with Gasteiger partial charge in [0.2, 0.25) is 11.9 Å². The van der Waals surface area contributed by atoms with Crippen LogP contribution in [-0.2, 0) is 11.3 Å². The number of nitrogens with zero attached hydrogens (tertiary/aromatic N) is 5. The van der Waals surface area contributed by atoms with Gasteiger partial charge in [0, 0.05) is 69.2 Å². The number of hydrogen-bond acceptors (Lipinski definition) is 6. The average Bonchev–Trinajstić information content (AvgIpc) is 2.71. The van der Waals surface area contributed by atoms with Crippen molar-refractivity contribution in [2.24, 2.45) is 5.41 Å². The molecule has 2 aromatic heterocycles. The van der Waals surface area contributed by atoms with Gasteiger partial charge >= 0.3 is 0 Å². The van der Waals surface area contributed by atoms with E-state index in [1.165, 1.54) is 0 Å². The first-order valence-corrected chi connectivity index (χ1v) is 10.0. The Hall–Kier alpha value is -2.70. The lowest BCUT2D eigenvalue weighted by molar-refractivity contribution is -0.138. The molecule has 2 aliphatic heterocycles. The van der Waals surface area contributed by atoms with Crippen molar-refractivity contribution < 1.29 is 4.79 Å². The normalized spacial score (nSPS) is 22.6. The van der Waals surface area contributed by atoms with E-state index in [1.54, 1.807) is 6.20 Å². The molecule has 1 amide bonds. The number of nitrogens with one attached hydrogen (secondary N) is 1. The molecule has 28 heavy (non-hydrogen) atoms. The van der Waals surface area contributed by atoms with Crippen molar-refractivity contribution in [3.63, 3.8) is 0 Å². The molecule has 4 heterocycles. The number of rotatable bonds is 4. The summed E-state index contributed by atoms with van der Waals surface area (Å²) >= 11 is 0. The van der Waals surface area contributed by atoms with Crippen LogP contribution in [-0.4, -0.2) is 52.4 Å². The fourth-order valence-corrected chi connectivity index (χ4v) is 4.49. The van der Waals surface area contributed by atoms with Crippen molar-refractivity contribution in [3.8, 4) is 0 Å². The zero-order valence-corrected chi connectivity index (χ0v) is 16.7. The molecule has 0 radical (unpaired) electrons. The number of piperidine rings is 2. The molecule has 2 fully saturated rings. The highest BCUT2D eigenvalue weighted by Crippen LogP contribution is 2.40. The summed E-state index contributed by atoms with van der Waals surface area (Å²) < 4.78 is 0. The number of aryl methyl sites for hydroxylation is 1. The standard InChI is InChI=1S/C21H28N6O/c1-16-11-18(22-2)25-20(24-16)26-10-4-7-21(14-26)8-6-19(28)27(15-21)13-17-5-3-9-23-12-17/h3,5,9,11-12H,4,6-8,10,13-15H2,1-2H3,(H,22,24,25)/t21-/m1/s1. The minimum Gasteiger partial charge on any atom is -0.373 e. The number of pyridine rings is 1. The van der Waals surface area contributed by atoms with Gasteiger partial charge in [-0.15, -0.1) is 0 Å². The fraction of sp³-hybridized carbons (Fsp3) is 0.524. The van der Waals surface area contributed by atoms with Crippen molar-refractivity contribution >= 4 is 17.7 Å². The number of likely N-dealkylation sites (tertiary alicyclic amines) is 1. The quantitative estimate of drug-likeness (QED) is 0.879. The zero-order valence-electron chi connectivity index (χ0n) is 16.7. The van der Waals surface area contributed by atoms with Crippen molar-refractivity contribution in [1.29, 1.82) is 0 Å². The molecular weight excluding hydrogens is 352 g/mol. The highest BCUT2D eigenvalue weighted by Gasteiger charge is 2.42. The lowest BCUT2D eigenvalue weighted by atomic mass is 9.73. The number of carbonyl (C=O) groups is 1. The van der Waals surface area contributed by atoms with Gasteiger partial charge in [-0.3, -0.25) is 9.78 Å². The smallest absolute Gasteiger partial charge is 0.227 e. The molecule has 1 N–H and O–H groups in total. The molecule has 2 saturated heterocycles. The fourth-order valence-electron chi connectivity index (χ4n) is 4.49. The van der Waals surface area contributed by atoms with E-state index >= 15 is 0 Å². The van der Waals surface area contributed by atoms with Crippen molar-refractivity contribution in [2.45, 2.75) is 39.2 Å². The van der Waals surface area contributed by atoms with Gasteiger partial charge in [-0.2, -0.15) is 4.98 Å². The molecular formula is C21H28N6O. The average molecular weight is 380 g/mol. The predicted molar refractivity (Wildman–Crippen MR) is 109 cm³/mol. The largest absolute Gasteiger partial charge is 0.373 e. The minimum absolute atomic E-state index is 0.112. The molecule has 0 bridgehead atoms. The molecule has 1 spiro atoms. The summed E-state index contributed by atoms with van der Waals surface area (Å²) in [5.41, 5.74) is 2.16. The van der Waals surface area contributed by atoms with Crippen LogP contribution in [0.15, 0.2) is 30.6 Å². The third-order valence-corrected chi connectivity index (χ3v) is 5.89. The SMILES string of the molecule is CNc1cc(C)nc(N2CCC[C@@]3(CCC(=O)N(Cc4cccnc4)C3)C2)n1. The first-order valence-electron chi connectivity index (χ1n) is 10.0. The van der Waals surface area contributed by atoms with Gasteiger partial charge in [-0.1, -0.05) is 6.07 Å². The summed E-state index contributed by atoms with van der Waals surface area (Å²) in [4.78, 5) is 30.4. The number of carbonyl (C=O) groups excluding carboxylic acids is 1. The Labute approximate surface area is 166 Å². The maximum atomic E-state index is 12.6. The first-order chi connectivity index (χ1) is 13.6. The topological polar surface area (TPSA) is 74.2 Å². The second kappa shape index (κ2) is 7.73. The van der Waals surface area contributed by atoms with E-state index in [2.05, 4.69) is 25.2 Å². The maximum Gasteiger partial charge on any atom is 0.227 e. The van der Waals surface area contributed by atoms with Gasteiger partial charge in [0.1, 0.15) is 5.82 Å². The third-order valence-electron chi connectivity index (χ3n) is 5.89.